The van der Waals surface area contributed by atoms with Crippen LogP contribution in [0.2, 0.25) is 0 Å². The number of amides is 1. The number of halogens is 1. The zero-order valence-corrected chi connectivity index (χ0v) is 16.5. The lowest BCUT2D eigenvalue weighted by molar-refractivity contribution is -0.120. The molecule has 1 aliphatic heterocycles. The lowest BCUT2D eigenvalue weighted by atomic mass is 10.0. The minimum Gasteiger partial charge on any atom is -0.324 e. The van der Waals surface area contributed by atoms with Crippen molar-refractivity contribution in [1.82, 2.24) is 4.31 Å². The van der Waals surface area contributed by atoms with Gasteiger partial charge >= 0.3 is 0 Å². The van der Waals surface area contributed by atoms with Crippen LogP contribution in [0.15, 0.2) is 59.5 Å². The lowest BCUT2D eigenvalue weighted by Gasteiger charge is -2.33. The molecule has 7 heteroatoms. The quantitative estimate of drug-likeness (QED) is 0.697. The van der Waals surface area contributed by atoms with Gasteiger partial charge in [0.2, 0.25) is 15.9 Å². The van der Waals surface area contributed by atoms with Crippen molar-refractivity contribution >= 4 is 44.2 Å². The summed E-state index contributed by atoms with van der Waals surface area (Å²) in [6.07, 6.45) is 2.13. The van der Waals surface area contributed by atoms with Gasteiger partial charge in [-0.25, -0.2) is 8.42 Å². The molecule has 25 heavy (non-hydrogen) atoms. The highest BCUT2D eigenvalue weighted by atomic mass is 127. The maximum absolute atomic E-state index is 13.0. The number of nitrogens with one attached hydrogen (secondary N) is 1. The molecule has 0 spiro atoms. The Labute approximate surface area is 161 Å². The summed E-state index contributed by atoms with van der Waals surface area (Å²) in [4.78, 5) is 13.0. The Kier molecular flexibility index (Phi) is 5.75. The van der Waals surface area contributed by atoms with Crippen molar-refractivity contribution in [2.75, 3.05) is 11.9 Å². The standard InChI is InChI=1S/C18H19IN2O3S/c19-15-10-4-5-11-16(15)20-18(22)17-12-6-7-13-21(17)25(23,24)14-8-2-1-3-9-14/h1-5,8-11,17H,6-7,12-13H2,(H,20,22). The molecule has 1 N–H and O–H groups in total. The summed E-state index contributed by atoms with van der Waals surface area (Å²) in [7, 11) is -3.69. The Morgan fingerprint density at radius 2 is 1.72 bits per heavy atom. The number of hydrogen-bond acceptors (Lipinski definition) is 3. The van der Waals surface area contributed by atoms with Crippen molar-refractivity contribution in [3.63, 3.8) is 0 Å². The van der Waals surface area contributed by atoms with Gasteiger partial charge in [0.25, 0.3) is 0 Å². The highest BCUT2D eigenvalue weighted by molar-refractivity contribution is 14.1. The average molecular weight is 470 g/mol. The zero-order valence-electron chi connectivity index (χ0n) is 13.6. The van der Waals surface area contributed by atoms with Gasteiger partial charge in [-0.05, 0) is 59.7 Å². The van der Waals surface area contributed by atoms with E-state index in [1.165, 1.54) is 4.31 Å². The smallest absolute Gasteiger partial charge is 0.243 e. The Morgan fingerprint density at radius 3 is 2.44 bits per heavy atom. The van der Waals surface area contributed by atoms with Crippen LogP contribution in [0.5, 0.6) is 0 Å². The van der Waals surface area contributed by atoms with E-state index in [1.54, 1.807) is 30.3 Å². The number of carbonyl (C=O) groups excluding carboxylic acids is 1. The van der Waals surface area contributed by atoms with Crippen molar-refractivity contribution in [1.29, 1.82) is 0 Å². The molecule has 1 unspecified atom stereocenters. The third-order valence-electron chi connectivity index (χ3n) is 4.24. The van der Waals surface area contributed by atoms with Crippen LogP contribution in [0.3, 0.4) is 0 Å². The fourth-order valence-electron chi connectivity index (χ4n) is 2.96. The molecule has 0 radical (unpaired) electrons. The van der Waals surface area contributed by atoms with E-state index in [-0.39, 0.29) is 10.8 Å². The Bertz CT molecular complexity index is 856. The number of nitrogens with zero attached hydrogens (tertiary/aromatic N) is 1. The maximum Gasteiger partial charge on any atom is 0.243 e. The molecule has 0 aromatic heterocycles. The van der Waals surface area contributed by atoms with Crippen LogP contribution in [-0.4, -0.2) is 31.2 Å². The Morgan fingerprint density at radius 1 is 1.04 bits per heavy atom. The molecular formula is C18H19IN2O3S. The van der Waals surface area contributed by atoms with Crippen molar-refractivity contribution in [3.8, 4) is 0 Å². The fraction of sp³-hybridized carbons (Fsp3) is 0.278. The third kappa shape index (κ3) is 4.04. The predicted octanol–water partition coefficient (Wildman–Crippen LogP) is 3.47. The van der Waals surface area contributed by atoms with E-state index in [4.69, 9.17) is 0 Å². The molecule has 2 aromatic carbocycles. The highest BCUT2D eigenvalue weighted by Crippen LogP contribution is 2.27. The first kappa shape index (κ1) is 18.3. The van der Waals surface area contributed by atoms with Crippen LogP contribution in [0, 0.1) is 3.57 Å². The Hall–Kier alpha value is -1.45. The number of carbonyl (C=O) groups is 1. The van der Waals surface area contributed by atoms with Gasteiger partial charge in [-0.3, -0.25) is 4.79 Å². The van der Waals surface area contributed by atoms with Crippen LogP contribution in [-0.2, 0) is 14.8 Å². The van der Waals surface area contributed by atoms with E-state index in [1.807, 2.05) is 24.3 Å². The molecule has 0 aliphatic carbocycles. The highest BCUT2D eigenvalue weighted by Gasteiger charge is 2.37. The first-order chi connectivity index (χ1) is 12.0. The van der Waals surface area contributed by atoms with E-state index in [9.17, 15) is 13.2 Å². The molecular weight excluding hydrogens is 451 g/mol. The molecule has 1 atom stereocenters. The Balaban J connectivity index is 1.86. The van der Waals surface area contributed by atoms with Gasteiger partial charge < -0.3 is 5.32 Å². The summed E-state index contributed by atoms with van der Waals surface area (Å²) in [6.45, 7) is 0.362. The number of rotatable bonds is 4. The normalized spacial score (nSPS) is 18.7. The average Bonchev–Trinajstić information content (AvgIpc) is 2.64. The summed E-state index contributed by atoms with van der Waals surface area (Å²) in [6, 6.07) is 15.1. The summed E-state index contributed by atoms with van der Waals surface area (Å²) in [5, 5.41) is 2.88. The lowest BCUT2D eigenvalue weighted by Crippen LogP contribution is -2.49. The van der Waals surface area contributed by atoms with Crippen LogP contribution in [0.1, 0.15) is 19.3 Å². The van der Waals surface area contributed by atoms with Gasteiger partial charge in [0.15, 0.2) is 0 Å². The number of hydrogen-bond donors (Lipinski definition) is 1. The summed E-state index contributed by atoms with van der Waals surface area (Å²) >= 11 is 2.15. The van der Waals surface area contributed by atoms with Crippen LogP contribution in [0.4, 0.5) is 5.69 Å². The summed E-state index contributed by atoms with van der Waals surface area (Å²) < 4.78 is 28.2. The van der Waals surface area contributed by atoms with Gasteiger partial charge in [-0.1, -0.05) is 36.8 Å². The molecule has 1 saturated heterocycles. The summed E-state index contributed by atoms with van der Waals surface area (Å²) in [5.41, 5.74) is 0.704. The van der Waals surface area contributed by atoms with Gasteiger partial charge in [0.05, 0.1) is 10.6 Å². The number of sulfonamides is 1. The van der Waals surface area contributed by atoms with Crippen molar-refractivity contribution in [3.05, 3.63) is 58.2 Å². The second-order valence-corrected chi connectivity index (χ2v) is 8.96. The van der Waals surface area contributed by atoms with Crippen molar-refractivity contribution < 1.29 is 13.2 Å². The van der Waals surface area contributed by atoms with Crippen LogP contribution >= 0.6 is 22.6 Å². The second-order valence-electron chi connectivity index (χ2n) is 5.91. The number of anilines is 1. The minimum absolute atomic E-state index is 0.226. The van der Waals surface area contributed by atoms with Gasteiger partial charge in [-0.15, -0.1) is 0 Å². The molecule has 0 saturated carbocycles. The SMILES string of the molecule is O=C(Nc1ccccc1I)C1CCCCN1S(=O)(=O)c1ccccc1. The van der Waals surface area contributed by atoms with Crippen molar-refractivity contribution in [2.24, 2.45) is 0 Å². The van der Waals surface area contributed by atoms with E-state index >= 15 is 0 Å². The van der Waals surface area contributed by atoms with Gasteiger partial charge in [-0.2, -0.15) is 4.31 Å². The topological polar surface area (TPSA) is 66.5 Å². The van der Waals surface area contributed by atoms with Crippen molar-refractivity contribution in [2.45, 2.75) is 30.2 Å². The van der Waals surface area contributed by atoms with Gasteiger partial charge in [0.1, 0.15) is 6.04 Å². The maximum atomic E-state index is 13.0. The third-order valence-corrected chi connectivity index (χ3v) is 7.10. The minimum atomic E-state index is -3.69. The molecule has 1 amide bonds. The van der Waals surface area contributed by atoms with E-state index < -0.39 is 16.1 Å². The molecule has 1 fully saturated rings. The number of piperidine rings is 1. The fourth-order valence-corrected chi connectivity index (χ4v) is 5.16. The monoisotopic (exact) mass is 470 g/mol. The number of benzene rings is 2. The molecule has 0 bridgehead atoms. The first-order valence-corrected chi connectivity index (χ1v) is 10.6. The zero-order chi connectivity index (χ0) is 17.9. The predicted molar refractivity (Wildman–Crippen MR) is 106 cm³/mol. The van der Waals surface area contributed by atoms with Gasteiger partial charge in [0, 0.05) is 10.1 Å². The first-order valence-electron chi connectivity index (χ1n) is 8.12. The molecule has 132 valence electrons. The molecule has 3 rings (SSSR count). The largest absolute Gasteiger partial charge is 0.324 e. The molecule has 1 heterocycles. The van der Waals surface area contributed by atoms with E-state index in [0.29, 0.717) is 18.7 Å². The molecule has 5 nitrogen and oxygen atoms in total. The molecule has 2 aromatic rings. The summed E-state index contributed by atoms with van der Waals surface area (Å²) in [5.74, 6) is -0.275. The van der Waals surface area contributed by atoms with Crippen LogP contribution in [0.25, 0.3) is 0 Å². The van der Waals surface area contributed by atoms with E-state index in [0.717, 1.165) is 16.4 Å². The number of para-hydroxylation sites is 1. The van der Waals surface area contributed by atoms with Crippen LogP contribution < -0.4 is 5.32 Å². The second kappa shape index (κ2) is 7.84. The molecule has 1 aliphatic rings. The van der Waals surface area contributed by atoms with E-state index in [2.05, 4.69) is 27.9 Å².